The maximum atomic E-state index is 12.3. The van der Waals surface area contributed by atoms with Gasteiger partial charge >= 0.3 is 6.18 Å². The van der Waals surface area contributed by atoms with Crippen LogP contribution in [-0.4, -0.2) is 16.7 Å². The highest BCUT2D eigenvalue weighted by molar-refractivity contribution is 5.19. The van der Waals surface area contributed by atoms with Gasteiger partial charge < -0.3 is 5.73 Å². The van der Waals surface area contributed by atoms with E-state index in [9.17, 15) is 13.2 Å². The molecule has 0 aromatic carbocycles. The number of aromatic amines is 1. The summed E-state index contributed by atoms with van der Waals surface area (Å²) in [6, 6.07) is 1.04. The molecule has 0 bridgehead atoms. The predicted molar refractivity (Wildman–Crippen MR) is 50.3 cm³/mol. The highest BCUT2D eigenvalue weighted by Crippen LogP contribution is 2.31. The number of nitrogens with two attached hydrogens (primary N) is 1. The normalized spacial score (nSPS) is 13.2. The summed E-state index contributed by atoms with van der Waals surface area (Å²) in [5.41, 5.74) is 4.52. The van der Waals surface area contributed by atoms with E-state index in [1.54, 1.807) is 0 Å². The zero-order valence-corrected chi connectivity index (χ0v) is 8.65. The van der Waals surface area contributed by atoms with E-state index in [-0.39, 0.29) is 0 Å². The van der Waals surface area contributed by atoms with Crippen molar-refractivity contribution < 1.29 is 13.2 Å². The molecule has 0 radical (unpaired) electrons. The Morgan fingerprint density at radius 2 is 2.00 bits per heavy atom. The van der Waals surface area contributed by atoms with Crippen LogP contribution in [0.1, 0.15) is 31.7 Å². The summed E-state index contributed by atoms with van der Waals surface area (Å²) in [6.45, 7) is 4.05. The molecule has 0 aliphatic rings. The van der Waals surface area contributed by atoms with Gasteiger partial charge in [0.2, 0.25) is 0 Å². The molecule has 0 amide bonds. The van der Waals surface area contributed by atoms with Gasteiger partial charge in [0.15, 0.2) is 0 Å². The Morgan fingerprint density at radius 3 is 2.40 bits per heavy atom. The molecule has 1 rings (SSSR count). The van der Waals surface area contributed by atoms with Crippen molar-refractivity contribution in [2.75, 3.05) is 6.54 Å². The second-order valence-electron chi connectivity index (χ2n) is 4.09. The summed E-state index contributed by atoms with van der Waals surface area (Å²) in [4.78, 5) is 0. The third-order valence-corrected chi connectivity index (χ3v) is 2.35. The largest absolute Gasteiger partial charge is 0.432 e. The van der Waals surface area contributed by atoms with Crippen molar-refractivity contribution in [1.82, 2.24) is 10.2 Å². The van der Waals surface area contributed by atoms with Gasteiger partial charge in [0, 0.05) is 5.41 Å². The van der Waals surface area contributed by atoms with Gasteiger partial charge in [-0.1, -0.05) is 13.8 Å². The van der Waals surface area contributed by atoms with Gasteiger partial charge in [0.05, 0.1) is 5.69 Å². The van der Waals surface area contributed by atoms with Crippen molar-refractivity contribution in [2.45, 2.75) is 31.9 Å². The van der Waals surface area contributed by atoms with Crippen LogP contribution in [0.3, 0.4) is 0 Å². The van der Waals surface area contributed by atoms with Crippen LogP contribution >= 0.6 is 0 Å². The second kappa shape index (κ2) is 3.84. The lowest BCUT2D eigenvalue weighted by Crippen LogP contribution is -2.22. The molecule has 3 N–H and O–H groups in total. The zero-order chi connectivity index (χ0) is 11.7. The van der Waals surface area contributed by atoms with Crippen LogP contribution in [0.4, 0.5) is 13.2 Å². The number of H-pyrrole nitrogens is 1. The van der Waals surface area contributed by atoms with E-state index in [1.807, 2.05) is 18.9 Å². The van der Waals surface area contributed by atoms with Gasteiger partial charge in [0.1, 0.15) is 5.69 Å². The van der Waals surface area contributed by atoms with Crippen LogP contribution in [-0.2, 0) is 11.6 Å². The van der Waals surface area contributed by atoms with Crippen LogP contribution in [0.15, 0.2) is 6.07 Å². The van der Waals surface area contributed by atoms with Gasteiger partial charge in [-0.3, -0.25) is 5.10 Å². The average molecular weight is 221 g/mol. The molecule has 15 heavy (non-hydrogen) atoms. The first-order valence-corrected chi connectivity index (χ1v) is 4.60. The third kappa shape index (κ3) is 2.71. The highest BCUT2D eigenvalue weighted by atomic mass is 19.4. The van der Waals surface area contributed by atoms with Gasteiger partial charge in [-0.05, 0) is 19.0 Å². The van der Waals surface area contributed by atoms with Crippen molar-refractivity contribution in [1.29, 1.82) is 0 Å². The molecule has 0 aliphatic carbocycles. The average Bonchev–Trinajstić information content (AvgIpc) is 2.50. The van der Waals surface area contributed by atoms with Crippen molar-refractivity contribution in [2.24, 2.45) is 5.73 Å². The number of aromatic nitrogens is 2. The maximum absolute atomic E-state index is 12.3. The number of rotatable bonds is 3. The number of hydrogen-bond acceptors (Lipinski definition) is 2. The van der Waals surface area contributed by atoms with E-state index in [0.717, 1.165) is 6.07 Å². The van der Waals surface area contributed by atoms with Crippen molar-refractivity contribution in [3.05, 3.63) is 17.5 Å². The Labute approximate surface area is 85.9 Å². The minimum atomic E-state index is -4.37. The first-order valence-electron chi connectivity index (χ1n) is 4.60. The van der Waals surface area contributed by atoms with Crippen LogP contribution in [0.25, 0.3) is 0 Å². The van der Waals surface area contributed by atoms with Crippen LogP contribution in [0, 0.1) is 0 Å². The van der Waals surface area contributed by atoms with E-state index in [1.165, 1.54) is 0 Å². The fraction of sp³-hybridized carbons (Fsp3) is 0.667. The van der Waals surface area contributed by atoms with Crippen molar-refractivity contribution in [3.8, 4) is 0 Å². The lowest BCUT2D eigenvalue weighted by atomic mass is 9.85. The molecule has 0 saturated heterocycles. The first kappa shape index (κ1) is 12.0. The lowest BCUT2D eigenvalue weighted by Gasteiger charge is -2.20. The quantitative estimate of drug-likeness (QED) is 0.820. The van der Waals surface area contributed by atoms with Crippen molar-refractivity contribution in [3.63, 3.8) is 0 Å². The van der Waals surface area contributed by atoms with E-state index in [4.69, 9.17) is 5.73 Å². The molecule has 1 aromatic heterocycles. The summed E-state index contributed by atoms with van der Waals surface area (Å²) < 4.78 is 36.8. The highest BCUT2D eigenvalue weighted by Gasteiger charge is 2.35. The minimum Gasteiger partial charge on any atom is -0.330 e. The molecule has 86 valence electrons. The topological polar surface area (TPSA) is 54.7 Å². The number of nitrogens with zero attached hydrogens (tertiary/aromatic N) is 1. The summed E-state index contributed by atoms with van der Waals surface area (Å²) in [5.74, 6) is 0. The number of alkyl halides is 3. The number of halogens is 3. The Morgan fingerprint density at radius 1 is 1.40 bits per heavy atom. The Hall–Kier alpha value is -1.04. The summed E-state index contributed by atoms with van der Waals surface area (Å²) in [7, 11) is 0. The van der Waals surface area contributed by atoms with Gasteiger partial charge in [0.25, 0.3) is 0 Å². The molecule has 1 aromatic rings. The molecule has 0 saturated carbocycles. The van der Waals surface area contributed by atoms with Crippen LogP contribution in [0.5, 0.6) is 0 Å². The molecule has 3 nitrogen and oxygen atoms in total. The molecule has 6 heteroatoms. The maximum Gasteiger partial charge on any atom is 0.432 e. The molecular formula is C9H14F3N3. The monoisotopic (exact) mass is 221 g/mol. The summed E-state index contributed by atoms with van der Waals surface area (Å²) >= 11 is 0. The molecule has 0 aliphatic heterocycles. The first-order chi connectivity index (χ1) is 6.77. The number of hydrogen-bond donors (Lipinski definition) is 2. The van der Waals surface area contributed by atoms with E-state index < -0.39 is 17.3 Å². The minimum absolute atomic E-state index is 0.389. The van der Waals surface area contributed by atoms with Gasteiger partial charge in [-0.2, -0.15) is 18.3 Å². The lowest BCUT2D eigenvalue weighted by molar-refractivity contribution is -0.141. The molecule has 0 spiro atoms. The summed E-state index contributed by atoms with van der Waals surface area (Å²) in [5, 5.41) is 5.67. The zero-order valence-electron chi connectivity index (χ0n) is 8.65. The number of nitrogens with one attached hydrogen (secondary N) is 1. The molecular weight excluding hydrogens is 207 g/mol. The second-order valence-corrected chi connectivity index (χ2v) is 4.09. The Kier molecular flexibility index (Phi) is 3.08. The van der Waals surface area contributed by atoms with E-state index in [0.29, 0.717) is 18.7 Å². The third-order valence-electron chi connectivity index (χ3n) is 2.35. The van der Waals surface area contributed by atoms with E-state index >= 15 is 0 Å². The SMILES string of the molecule is CC(C)(CCN)c1cc(C(F)(F)F)[nH]n1. The van der Waals surface area contributed by atoms with Crippen molar-refractivity contribution >= 4 is 0 Å². The summed E-state index contributed by atoms with van der Waals surface area (Å²) in [6.07, 6.45) is -3.78. The fourth-order valence-corrected chi connectivity index (χ4v) is 1.30. The molecule has 1 heterocycles. The Bertz CT molecular complexity index is 328. The molecule has 0 fully saturated rings. The molecule has 0 unspecified atom stereocenters. The van der Waals surface area contributed by atoms with Crippen LogP contribution in [0.2, 0.25) is 0 Å². The predicted octanol–water partition coefficient (Wildman–Crippen LogP) is 2.05. The fourth-order valence-electron chi connectivity index (χ4n) is 1.30. The standard InChI is InChI=1S/C9H14F3N3/c1-8(2,3-4-13)6-5-7(15-14-6)9(10,11)12/h5H,3-4,13H2,1-2H3,(H,14,15). The van der Waals surface area contributed by atoms with Gasteiger partial charge in [-0.15, -0.1) is 0 Å². The Balaban J connectivity index is 2.94. The molecule has 0 atom stereocenters. The van der Waals surface area contributed by atoms with Crippen LogP contribution < -0.4 is 5.73 Å². The van der Waals surface area contributed by atoms with Gasteiger partial charge in [-0.25, -0.2) is 0 Å². The smallest absolute Gasteiger partial charge is 0.330 e. The van der Waals surface area contributed by atoms with E-state index in [2.05, 4.69) is 5.10 Å².